The Morgan fingerprint density at radius 1 is 1.07 bits per heavy atom. The third-order valence-corrected chi connectivity index (χ3v) is 1.49. The molecule has 0 aliphatic carbocycles. The zero-order valence-electron chi connectivity index (χ0n) is 8.46. The highest BCUT2D eigenvalue weighted by Gasteiger charge is 2.54. The first-order valence-corrected chi connectivity index (χ1v) is 4.08. The lowest BCUT2D eigenvalue weighted by atomic mass is 10.0. The van der Waals surface area contributed by atoms with Crippen LogP contribution in [-0.4, -0.2) is 30.5 Å². The van der Waals surface area contributed by atoms with Gasteiger partial charge in [0.15, 0.2) is 0 Å². The van der Waals surface area contributed by atoms with Gasteiger partial charge in [-0.05, 0) is 20.8 Å². The summed E-state index contributed by atoms with van der Waals surface area (Å²) in [5, 5.41) is 0. The molecule has 0 aromatic heterocycles. The van der Waals surface area contributed by atoms with Crippen LogP contribution in [0.4, 0.5) is 26.3 Å². The van der Waals surface area contributed by atoms with E-state index in [-0.39, 0.29) is 0 Å². The molecule has 0 fully saturated rings. The van der Waals surface area contributed by atoms with Gasteiger partial charge in [0, 0.05) is 0 Å². The molecule has 0 heterocycles. The van der Waals surface area contributed by atoms with Gasteiger partial charge in [-0.2, -0.15) is 8.78 Å². The lowest BCUT2D eigenvalue weighted by molar-refractivity contribution is -0.360. The summed E-state index contributed by atoms with van der Waals surface area (Å²) in [6, 6.07) is 0. The second-order valence-corrected chi connectivity index (χ2v) is 3.83. The normalized spacial score (nSPS) is 19.8. The Kier molecular flexibility index (Phi) is 4.06. The number of hydrogen-bond donors (Lipinski definition) is 0. The molecule has 0 aromatic carbocycles. The van der Waals surface area contributed by atoms with E-state index < -0.39 is 30.5 Å². The second kappa shape index (κ2) is 4.19. The van der Waals surface area contributed by atoms with Gasteiger partial charge in [0.1, 0.15) is 12.3 Å². The maximum Gasteiger partial charge on any atom is 0.392 e. The quantitative estimate of drug-likeness (QED) is 0.667. The molecule has 0 bridgehead atoms. The van der Waals surface area contributed by atoms with Crippen LogP contribution in [0.15, 0.2) is 0 Å². The van der Waals surface area contributed by atoms with Crippen LogP contribution >= 0.6 is 0 Å². The minimum absolute atomic E-state index is 0.360. The first-order chi connectivity index (χ1) is 6.42. The van der Waals surface area contributed by atoms with E-state index in [1.807, 2.05) is 0 Å². The Morgan fingerprint density at radius 3 is 1.73 bits per heavy atom. The minimum atomic E-state index is -4.73. The average Bonchev–Trinajstić information content (AvgIpc) is 1.99. The van der Waals surface area contributed by atoms with Gasteiger partial charge in [-0.1, -0.05) is 0 Å². The van der Waals surface area contributed by atoms with Gasteiger partial charge < -0.3 is 0 Å². The number of ether oxygens (including phenoxy) is 1. The van der Waals surface area contributed by atoms with Crippen LogP contribution in [0.3, 0.4) is 0 Å². The van der Waals surface area contributed by atoms with Gasteiger partial charge in [0.2, 0.25) is 12.0 Å². The largest absolute Gasteiger partial charge is 0.392 e. The van der Waals surface area contributed by atoms with E-state index in [1.54, 1.807) is 0 Å². The van der Waals surface area contributed by atoms with Crippen molar-refractivity contribution in [1.82, 2.24) is 0 Å². The molecule has 15 heavy (non-hydrogen) atoms. The summed E-state index contributed by atoms with van der Waals surface area (Å²) in [7, 11) is 0. The average molecular weight is 238 g/mol. The van der Waals surface area contributed by atoms with Crippen molar-refractivity contribution in [2.75, 3.05) is 6.67 Å². The first kappa shape index (κ1) is 14.5. The number of alkyl halides is 6. The third kappa shape index (κ3) is 4.27. The molecular formula is C8H12F6O. The monoisotopic (exact) mass is 238 g/mol. The molecule has 0 aromatic rings. The Balaban J connectivity index is 4.69. The fourth-order valence-electron chi connectivity index (χ4n) is 0.762. The zero-order chi connectivity index (χ0) is 12.5. The van der Waals surface area contributed by atoms with E-state index in [0.29, 0.717) is 20.8 Å². The molecule has 0 saturated carbocycles. The van der Waals surface area contributed by atoms with Crippen molar-refractivity contribution in [3.05, 3.63) is 0 Å². The van der Waals surface area contributed by atoms with Crippen LogP contribution in [0.2, 0.25) is 0 Å². The van der Waals surface area contributed by atoms with E-state index in [1.165, 1.54) is 0 Å². The first-order valence-electron chi connectivity index (χ1n) is 4.08. The smallest absolute Gasteiger partial charge is 0.278 e. The van der Waals surface area contributed by atoms with Crippen molar-refractivity contribution in [2.45, 2.75) is 44.6 Å². The van der Waals surface area contributed by atoms with Gasteiger partial charge in [-0.15, -0.1) is 0 Å². The molecule has 0 aliphatic rings. The lowest BCUT2D eigenvalue weighted by Gasteiger charge is -2.30. The van der Waals surface area contributed by atoms with Crippen LogP contribution in [0.5, 0.6) is 0 Å². The highest BCUT2D eigenvalue weighted by molar-refractivity contribution is 4.85. The maximum absolute atomic E-state index is 12.8. The van der Waals surface area contributed by atoms with Crippen molar-refractivity contribution >= 4 is 0 Å². The maximum atomic E-state index is 12.8. The van der Waals surface area contributed by atoms with Gasteiger partial charge in [0.05, 0.1) is 0 Å². The van der Waals surface area contributed by atoms with Crippen molar-refractivity contribution < 1.29 is 31.1 Å². The van der Waals surface area contributed by atoms with E-state index in [0.717, 1.165) is 0 Å². The zero-order valence-corrected chi connectivity index (χ0v) is 8.46. The number of halogens is 6. The van der Waals surface area contributed by atoms with Crippen molar-refractivity contribution in [3.8, 4) is 0 Å². The molecule has 0 saturated heterocycles. The van der Waals surface area contributed by atoms with Gasteiger partial charge in [0.25, 0.3) is 0 Å². The van der Waals surface area contributed by atoms with Crippen LogP contribution in [0.25, 0.3) is 0 Å². The summed E-state index contributed by atoms with van der Waals surface area (Å²) in [5.74, 6) is -3.35. The number of rotatable bonds is 5. The topological polar surface area (TPSA) is 9.23 Å². The van der Waals surface area contributed by atoms with Gasteiger partial charge in [-0.25, -0.2) is 17.6 Å². The fraction of sp³-hybridized carbons (Fsp3) is 1.00. The summed E-state index contributed by atoms with van der Waals surface area (Å²) >= 11 is 0. The molecular weight excluding hydrogens is 226 g/mol. The Hall–Kier alpha value is -0.460. The van der Waals surface area contributed by atoms with Crippen molar-refractivity contribution in [3.63, 3.8) is 0 Å². The van der Waals surface area contributed by atoms with Crippen LogP contribution in [-0.2, 0) is 4.74 Å². The fourth-order valence-corrected chi connectivity index (χ4v) is 0.762. The highest BCUT2D eigenvalue weighted by atomic mass is 19.3. The van der Waals surface area contributed by atoms with Crippen LogP contribution < -0.4 is 0 Å². The minimum Gasteiger partial charge on any atom is -0.278 e. The third-order valence-electron chi connectivity index (χ3n) is 1.49. The molecule has 2 unspecified atom stereocenters. The highest BCUT2D eigenvalue weighted by Crippen LogP contribution is 2.36. The van der Waals surface area contributed by atoms with E-state index in [2.05, 4.69) is 4.74 Å². The molecule has 0 rings (SSSR count). The summed E-state index contributed by atoms with van der Waals surface area (Å²) in [5.41, 5.74) is -2.92. The van der Waals surface area contributed by atoms with Gasteiger partial charge in [-0.3, -0.25) is 4.74 Å². The SMILES string of the molecule is CC(F)(CF)OC(F)(F)C(F)C(C)(C)F. The van der Waals surface area contributed by atoms with Gasteiger partial charge >= 0.3 is 6.11 Å². The summed E-state index contributed by atoms with van der Waals surface area (Å²) in [6.45, 7) is -0.444. The van der Waals surface area contributed by atoms with E-state index in [4.69, 9.17) is 0 Å². The molecule has 0 N–H and O–H groups in total. The summed E-state index contributed by atoms with van der Waals surface area (Å²) < 4.78 is 78.9. The molecule has 0 aliphatic heterocycles. The molecule has 0 spiro atoms. The molecule has 92 valence electrons. The van der Waals surface area contributed by atoms with Crippen molar-refractivity contribution in [1.29, 1.82) is 0 Å². The van der Waals surface area contributed by atoms with Crippen LogP contribution in [0.1, 0.15) is 20.8 Å². The van der Waals surface area contributed by atoms with E-state index >= 15 is 0 Å². The number of hydrogen-bond acceptors (Lipinski definition) is 1. The Morgan fingerprint density at radius 2 is 1.47 bits per heavy atom. The van der Waals surface area contributed by atoms with Crippen LogP contribution in [0, 0.1) is 0 Å². The summed E-state index contributed by atoms with van der Waals surface area (Å²) in [6.07, 6.45) is -8.11. The molecule has 7 heteroatoms. The predicted molar refractivity (Wildman–Crippen MR) is 41.6 cm³/mol. The summed E-state index contributed by atoms with van der Waals surface area (Å²) in [4.78, 5) is 0. The Bertz CT molecular complexity index is 210. The second-order valence-electron chi connectivity index (χ2n) is 3.83. The molecule has 1 nitrogen and oxygen atoms in total. The lowest BCUT2D eigenvalue weighted by Crippen LogP contribution is -2.49. The molecule has 0 amide bonds. The van der Waals surface area contributed by atoms with E-state index in [9.17, 15) is 26.3 Å². The Labute approximate surface area is 83.4 Å². The standard InChI is InChI=1S/C8H12F6O/c1-6(2,11)5(10)8(13,14)15-7(3,12)4-9/h5H,4H2,1-3H3. The molecule has 2 atom stereocenters. The van der Waals surface area contributed by atoms with Crippen molar-refractivity contribution in [2.24, 2.45) is 0 Å². The molecule has 0 radical (unpaired) electrons. The predicted octanol–water partition coefficient (Wildman–Crippen LogP) is 3.34.